The molecule has 0 atom stereocenters. The van der Waals surface area contributed by atoms with Gasteiger partial charge in [-0.1, -0.05) is 6.07 Å². The number of alkyl halides is 2. The van der Waals surface area contributed by atoms with Crippen LogP contribution in [0.15, 0.2) is 40.3 Å². The third-order valence-corrected chi connectivity index (χ3v) is 4.96. The summed E-state index contributed by atoms with van der Waals surface area (Å²) in [5.74, 6) is -0.0836. The molecule has 11 heteroatoms. The van der Waals surface area contributed by atoms with Crippen LogP contribution in [0.5, 0.6) is 11.5 Å². The van der Waals surface area contributed by atoms with E-state index in [1.54, 1.807) is 24.4 Å². The number of carbonyl (C=O) groups is 2. The van der Waals surface area contributed by atoms with Crippen molar-refractivity contribution >= 4 is 28.3 Å². The number of anilines is 1. The zero-order chi connectivity index (χ0) is 22.4. The standard InChI is InChI=1S/C20H19F2N3O5S/c1-11-14(5-6-29-11)18(27)25-20-24-13(10-31-20)8-17(26)23-9-12-3-4-15(30-19(21)22)16(7-12)28-2/h3-7,10,19H,8-9H2,1-2H3,(H,23,26)(H,24,25,27). The van der Waals surface area contributed by atoms with E-state index < -0.39 is 6.61 Å². The summed E-state index contributed by atoms with van der Waals surface area (Å²) in [6.07, 6.45) is 1.44. The first kappa shape index (κ1) is 22.2. The molecule has 2 heterocycles. The van der Waals surface area contributed by atoms with E-state index in [9.17, 15) is 18.4 Å². The minimum atomic E-state index is -2.96. The number of nitrogens with zero attached hydrogens (tertiary/aromatic N) is 1. The highest BCUT2D eigenvalue weighted by atomic mass is 32.1. The summed E-state index contributed by atoms with van der Waals surface area (Å²) in [6, 6.07) is 5.97. The van der Waals surface area contributed by atoms with Crippen LogP contribution in [0.3, 0.4) is 0 Å². The van der Waals surface area contributed by atoms with Gasteiger partial charge in [0, 0.05) is 11.9 Å². The van der Waals surface area contributed by atoms with Gasteiger partial charge in [0.2, 0.25) is 5.91 Å². The maximum absolute atomic E-state index is 12.4. The van der Waals surface area contributed by atoms with Gasteiger partial charge in [-0.05, 0) is 30.7 Å². The summed E-state index contributed by atoms with van der Waals surface area (Å²) in [6.45, 7) is -1.12. The Bertz CT molecular complexity index is 1070. The van der Waals surface area contributed by atoms with Crippen LogP contribution in [-0.4, -0.2) is 30.5 Å². The molecule has 0 bridgehead atoms. The molecule has 0 aliphatic heterocycles. The smallest absolute Gasteiger partial charge is 0.387 e. The lowest BCUT2D eigenvalue weighted by Crippen LogP contribution is -2.24. The quantitative estimate of drug-likeness (QED) is 0.514. The normalized spacial score (nSPS) is 10.7. The van der Waals surface area contributed by atoms with Crippen LogP contribution >= 0.6 is 11.3 Å². The summed E-state index contributed by atoms with van der Waals surface area (Å²) in [4.78, 5) is 28.6. The minimum Gasteiger partial charge on any atom is -0.493 e. The molecule has 2 aromatic heterocycles. The number of furan rings is 1. The van der Waals surface area contributed by atoms with Crippen molar-refractivity contribution in [3.05, 3.63) is 58.5 Å². The van der Waals surface area contributed by atoms with E-state index in [1.807, 2.05) is 0 Å². The molecule has 0 spiro atoms. The van der Waals surface area contributed by atoms with Gasteiger partial charge >= 0.3 is 6.61 Å². The average molecular weight is 451 g/mol. The lowest BCUT2D eigenvalue weighted by molar-refractivity contribution is -0.120. The number of halogens is 2. The van der Waals surface area contributed by atoms with Crippen molar-refractivity contribution in [3.63, 3.8) is 0 Å². The number of rotatable bonds is 9. The van der Waals surface area contributed by atoms with Gasteiger partial charge in [-0.25, -0.2) is 4.98 Å². The van der Waals surface area contributed by atoms with Crippen molar-refractivity contribution in [2.75, 3.05) is 12.4 Å². The Kier molecular flexibility index (Phi) is 7.19. The number of carbonyl (C=O) groups excluding carboxylic acids is 2. The highest BCUT2D eigenvalue weighted by molar-refractivity contribution is 7.14. The lowest BCUT2D eigenvalue weighted by atomic mass is 10.2. The zero-order valence-corrected chi connectivity index (χ0v) is 17.4. The fourth-order valence-electron chi connectivity index (χ4n) is 2.67. The van der Waals surface area contributed by atoms with Gasteiger partial charge in [-0.2, -0.15) is 8.78 Å². The number of aryl methyl sites for hydroxylation is 1. The highest BCUT2D eigenvalue weighted by Gasteiger charge is 2.15. The van der Waals surface area contributed by atoms with Crippen LogP contribution in [-0.2, 0) is 17.8 Å². The number of nitrogens with one attached hydrogen (secondary N) is 2. The molecule has 2 amide bonds. The molecular formula is C20H19F2N3O5S. The molecule has 3 aromatic rings. The van der Waals surface area contributed by atoms with Crippen molar-refractivity contribution in [2.24, 2.45) is 0 Å². The molecule has 0 aliphatic rings. The van der Waals surface area contributed by atoms with Crippen molar-refractivity contribution in [1.82, 2.24) is 10.3 Å². The van der Waals surface area contributed by atoms with Gasteiger partial charge in [0.05, 0.1) is 31.1 Å². The monoisotopic (exact) mass is 451 g/mol. The second-order valence-corrected chi connectivity index (χ2v) is 7.16. The number of aromatic nitrogens is 1. The van der Waals surface area contributed by atoms with E-state index >= 15 is 0 Å². The summed E-state index contributed by atoms with van der Waals surface area (Å²) >= 11 is 1.20. The molecule has 8 nitrogen and oxygen atoms in total. The summed E-state index contributed by atoms with van der Waals surface area (Å²) in [5, 5.41) is 7.43. The first-order chi connectivity index (χ1) is 14.9. The minimum absolute atomic E-state index is 0.0147. The van der Waals surface area contributed by atoms with E-state index in [4.69, 9.17) is 9.15 Å². The molecule has 164 valence electrons. The van der Waals surface area contributed by atoms with Crippen LogP contribution < -0.4 is 20.1 Å². The van der Waals surface area contributed by atoms with E-state index in [1.165, 1.54) is 36.8 Å². The molecule has 2 N–H and O–H groups in total. The molecule has 31 heavy (non-hydrogen) atoms. The van der Waals surface area contributed by atoms with Gasteiger partial charge < -0.3 is 19.2 Å². The van der Waals surface area contributed by atoms with E-state index in [0.717, 1.165) is 0 Å². The van der Waals surface area contributed by atoms with Crippen LogP contribution in [0.2, 0.25) is 0 Å². The van der Waals surface area contributed by atoms with Crippen LogP contribution in [0.1, 0.15) is 27.4 Å². The molecule has 1 aromatic carbocycles. The number of methoxy groups -OCH3 is 1. The molecular weight excluding hydrogens is 432 g/mol. The van der Waals surface area contributed by atoms with E-state index in [0.29, 0.717) is 27.7 Å². The maximum Gasteiger partial charge on any atom is 0.387 e. The first-order valence-corrected chi connectivity index (χ1v) is 9.92. The highest BCUT2D eigenvalue weighted by Crippen LogP contribution is 2.29. The number of thiazole rings is 1. The topological polar surface area (TPSA) is 103 Å². The Balaban J connectivity index is 1.52. The molecule has 0 unspecified atom stereocenters. The Morgan fingerprint density at radius 2 is 2.06 bits per heavy atom. The largest absolute Gasteiger partial charge is 0.493 e. The van der Waals surface area contributed by atoms with Crippen LogP contribution in [0.25, 0.3) is 0 Å². The Morgan fingerprint density at radius 3 is 2.74 bits per heavy atom. The molecule has 3 rings (SSSR count). The molecule has 0 aliphatic carbocycles. The second kappa shape index (κ2) is 10.0. The Labute approximate surface area is 180 Å². The van der Waals surface area contributed by atoms with Gasteiger partial charge in [-0.3, -0.25) is 14.9 Å². The number of benzene rings is 1. The third-order valence-electron chi connectivity index (χ3n) is 4.15. The molecule has 0 fully saturated rings. The number of hydrogen-bond donors (Lipinski definition) is 2. The number of amides is 2. The van der Waals surface area contributed by atoms with Gasteiger partial charge in [0.15, 0.2) is 16.6 Å². The van der Waals surface area contributed by atoms with Gasteiger partial charge in [-0.15, -0.1) is 11.3 Å². The van der Waals surface area contributed by atoms with Crippen molar-refractivity contribution in [3.8, 4) is 11.5 Å². The molecule has 0 saturated heterocycles. The SMILES string of the molecule is COc1cc(CNC(=O)Cc2csc(NC(=O)c3ccoc3C)n2)ccc1OC(F)F. The van der Waals surface area contributed by atoms with E-state index in [-0.39, 0.29) is 36.3 Å². The van der Waals surface area contributed by atoms with Crippen LogP contribution in [0, 0.1) is 6.92 Å². The predicted molar refractivity (Wildman–Crippen MR) is 109 cm³/mol. The van der Waals surface area contributed by atoms with Crippen molar-refractivity contribution in [1.29, 1.82) is 0 Å². The van der Waals surface area contributed by atoms with E-state index in [2.05, 4.69) is 20.4 Å². The fraction of sp³-hybridized carbons (Fsp3) is 0.250. The zero-order valence-electron chi connectivity index (χ0n) is 16.6. The summed E-state index contributed by atoms with van der Waals surface area (Å²) in [7, 11) is 1.34. The van der Waals surface area contributed by atoms with Gasteiger partial charge in [0.25, 0.3) is 5.91 Å². The first-order valence-electron chi connectivity index (χ1n) is 9.04. The Hall–Kier alpha value is -3.47. The number of ether oxygens (including phenoxy) is 2. The predicted octanol–water partition coefficient (Wildman–Crippen LogP) is 3.77. The third kappa shape index (κ3) is 6.01. The van der Waals surface area contributed by atoms with Crippen molar-refractivity contribution in [2.45, 2.75) is 26.5 Å². The molecule has 0 radical (unpaired) electrons. The molecule has 0 saturated carbocycles. The van der Waals surface area contributed by atoms with Crippen molar-refractivity contribution < 1.29 is 32.3 Å². The number of hydrogen-bond acceptors (Lipinski definition) is 7. The van der Waals surface area contributed by atoms with Gasteiger partial charge in [0.1, 0.15) is 5.76 Å². The lowest BCUT2D eigenvalue weighted by Gasteiger charge is -2.11. The summed E-state index contributed by atoms with van der Waals surface area (Å²) in [5.41, 5.74) is 1.56. The average Bonchev–Trinajstić information content (AvgIpc) is 3.35. The van der Waals surface area contributed by atoms with Crippen LogP contribution in [0.4, 0.5) is 13.9 Å². The summed E-state index contributed by atoms with van der Waals surface area (Å²) < 4.78 is 39.3. The fourth-order valence-corrected chi connectivity index (χ4v) is 3.38. The second-order valence-electron chi connectivity index (χ2n) is 6.31. The maximum atomic E-state index is 12.4. The Morgan fingerprint density at radius 1 is 1.26 bits per heavy atom.